The summed E-state index contributed by atoms with van der Waals surface area (Å²) in [5.41, 5.74) is 1.32. The molecule has 0 aliphatic carbocycles. The van der Waals surface area contributed by atoms with E-state index in [0.717, 1.165) is 5.57 Å². The number of rotatable bonds is 2. The molecule has 0 fully saturated rings. The molecule has 0 radical (unpaired) electrons. The van der Waals surface area contributed by atoms with Gasteiger partial charge in [0.1, 0.15) is 10.6 Å². The first kappa shape index (κ1) is 11.2. The maximum absolute atomic E-state index is 11.8. The highest BCUT2D eigenvalue weighted by atomic mass is 32.2. The van der Waals surface area contributed by atoms with Gasteiger partial charge in [-0.25, -0.2) is 8.42 Å². The quantitative estimate of drug-likeness (QED) is 0.839. The molecule has 0 saturated heterocycles. The molecule has 0 saturated carbocycles. The lowest BCUT2D eigenvalue weighted by atomic mass is 10.1. The van der Waals surface area contributed by atoms with Gasteiger partial charge in [0.2, 0.25) is 9.84 Å². The van der Waals surface area contributed by atoms with Gasteiger partial charge in [-0.05, 0) is 25.7 Å². The number of phenols is 1. The zero-order valence-electron chi connectivity index (χ0n) is 9.14. The number of hydrogen-bond acceptors (Lipinski definition) is 4. The standard InChI is InChI=1S/C11H13NO3S/c1-12(2)6-8-7-16(14,15)11-9(8)4-3-5-10(11)13/h3-5,7,13H,6H2,1-2H3. The van der Waals surface area contributed by atoms with E-state index in [0.29, 0.717) is 12.1 Å². The van der Waals surface area contributed by atoms with Gasteiger partial charge in [0.05, 0.1) is 0 Å². The Labute approximate surface area is 94.7 Å². The van der Waals surface area contributed by atoms with Gasteiger partial charge in [-0.3, -0.25) is 0 Å². The van der Waals surface area contributed by atoms with Gasteiger partial charge < -0.3 is 10.0 Å². The minimum absolute atomic E-state index is 0.0341. The highest BCUT2D eigenvalue weighted by molar-refractivity contribution is 7.95. The van der Waals surface area contributed by atoms with Crippen molar-refractivity contribution in [2.24, 2.45) is 0 Å². The first-order chi connectivity index (χ1) is 7.42. The van der Waals surface area contributed by atoms with Crippen LogP contribution in [0.2, 0.25) is 0 Å². The summed E-state index contributed by atoms with van der Waals surface area (Å²) in [6, 6.07) is 4.76. The van der Waals surface area contributed by atoms with Gasteiger partial charge in [-0.1, -0.05) is 12.1 Å². The first-order valence-electron chi connectivity index (χ1n) is 4.84. The zero-order chi connectivity index (χ0) is 11.9. The highest BCUT2D eigenvalue weighted by Crippen LogP contribution is 2.38. The maximum atomic E-state index is 11.8. The van der Waals surface area contributed by atoms with Crippen molar-refractivity contribution in [2.45, 2.75) is 4.90 Å². The maximum Gasteiger partial charge on any atom is 0.204 e. The molecule has 5 heteroatoms. The average molecular weight is 239 g/mol. The number of likely N-dealkylation sites (N-methyl/N-ethyl adjacent to an activating group) is 1. The molecule has 4 nitrogen and oxygen atoms in total. The number of hydrogen-bond donors (Lipinski definition) is 1. The van der Waals surface area contributed by atoms with E-state index in [1.807, 2.05) is 19.0 Å². The molecule has 1 heterocycles. The van der Waals surface area contributed by atoms with Crippen LogP contribution in [-0.2, 0) is 9.84 Å². The molecule has 1 aromatic rings. The summed E-state index contributed by atoms with van der Waals surface area (Å²) in [5.74, 6) is -0.178. The molecule has 1 aliphatic rings. The highest BCUT2D eigenvalue weighted by Gasteiger charge is 2.29. The minimum Gasteiger partial charge on any atom is -0.507 e. The van der Waals surface area contributed by atoms with Crippen LogP contribution in [0.4, 0.5) is 0 Å². The molecule has 0 unspecified atom stereocenters. The van der Waals surface area contributed by atoms with Crippen LogP contribution in [0.1, 0.15) is 5.56 Å². The Balaban J connectivity index is 2.61. The van der Waals surface area contributed by atoms with Crippen molar-refractivity contribution < 1.29 is 13.5 Å². The minimum atomic E-state index is -3.47. The summed E-state index contributed by atoms with van der Waals surface area (Å²) in [6.45, 7) is 0.537. The van der Waals surface area contributed by atoms with Gasteiger partial charge >= 0.3 is 0 Å². The fraction of sp³-hybridized carbons (Fsp3) is 0.273. The third-order valence-corrected chi connectivity index (χ3v) is 4.00. The summed E-state index contributed by atoms with van der Waals surface area (Å²) in [7, 11) is 0.269. The topological polar surface area (TPSA) is 57.6 Å². The molecule has 86 valence electrons. The molecule has 0 bridgehead atoms. The van der Waals surface area contributed by atoms with Crippen LogP contribution in [0.25, 0.3) is 5.57 Å². The Morgan fingerprint density at radius 2 is 2.00 bits per heavy atom. The molecule has 2 rings (SSSR count). The molecule has 0 atom stereocenters. The second-order valence-corrected chi connectivity index (χ2v) is 5.81. The molecule has 0 spiro atoms. The van der Waals surface area contributed by atoms with Crippen LogP contribution in [0.3, 0.4) is 0 Å². The SMILES string of the molecule is CN(C)CC1=CS(=O)(=O)c2c(O)cccc21. The van der Waals surface area contributed by atoms with Crippen molar-refractivity contribution in [3.8, 4) is 5.75 Å². The number of aromatic hydroxyl groups is 1. The summed E-state index contributed by atoms with van der Waals surface area (Å²) in [5, 5.41) is 10.8. The van der Waals surface area contributed by atoms with Crippen LogP contribution in [0, 0.1) is 0 Å². The number of benzene rings is 1. The average Bonchev–Trinajstić information content (AvgIpc) is 2.38. The smallest absolute Gasteiger partial charge is 0.204 e. The lowest BCUT2D eigenvalue weighted by Gasteiger charge is -2.11. The molecule has 16 heavy (non-hydrogen) atoms. The van der Waals surface area contributed by atoms with Gasteiger partial charge in [0.15, 0.2) is 0 Å². The van der Waals surface area contributed by atoms with Crippen LogP contribution in [0.5, 0.6) is 5.75 Å². The van der Waals surface area contributed by atoms with Crippen LogP contribution >= 0.6 is 0 Å². The Hall–Kier alpha value is -1.33. The normalized spacial score (nSPS) is 17.3. The molecular formula is C11H13NO3S. The summed E-state index contributed by atoms with van der Waals surface area (Å²) in [4.78, 5) is 1.92. The predicted molar refractivity (Wildman–Crippen MR) is 61.8 cm³/mol. The van der Waals surface area contributed by atoms with Crippen molar-refractivity contribution in [1.82, 2.24) is 4.90 Å². The summed E-state index contributed by atoms with van der Waals surface area (Å²) in [6.07, 6.45) is 0. The lowest BCUT2D eigenvalue weighted by Crippen LogP contribution is -2.13. The van der Waals surface area contributed by atoms with Crippen molar-refractivity contribution in [1.29, 1.82) is 0 Å². The molecule has 1 aliphatic heterocycles. The Morgan fingerprint density at radius 3 is 2.62 bits per heavy atom. The van der Waals surface area contributed by atoms with E-state index in [4.69, 9.17) is 0 Å². The Morgan fingerprint density at radius 1 is 1.31 bits per heavy atom. The third-order valence-electron chi connectivity index (χ3n) is 2.41. The molecule has 0 aromatic heterocycles. The van der Waals surface area contributed by atoms with E-state index >= 15 is 0 Å². The van der Waals surface area contributed by atoms with E-state index in [1.165, 1.54) is 11.5 Å². The predicted octanol–water partition coefficient (Wildman–Crippen LogP) is 1.08. The van der Waals surface area contributed by atoms with Gasteiger partial charge in [0.25, 0.3) is 0 Å². The van der Waals surface area contributed by atoms with E-state index in [1.54, 1.807) is 12.1 Å². The second kappa shape index (κ2) is 3.61. The van der Waals surface area contributed by atoms with Crippen LogP contribution in [0.15, 0.2) is 28.5 Å². The summed E-state index contributed by atoms with van der Waals surface area (Å²) >= 11 is 0. The molecule has 0 amide bonds. The van der Waals surface area contributed by atoms with Crippen molar-refractivity contribution >= 4 is 15.4 Å². The van der Waals surface area contributed by atoms with Gasteiger partial charge in [-0.2, -0.15) is 0 Å². The number of sulfone groups is 1. The summed E-state index contributed by atoms with van der Waals surface area (Å²) < 4.78 is 23.6. The number of phenolic OH excluding ortho intramolecular Hbond substituents is 1. The van der Waals surface area contributed by atoms with E-state index in [9.17, 15) is 13.5 Å². The van der Waals surface area contributed by atoms with E-state index < -0.39 is 9.84 Å². The fourth-order valence-corrected chi connectivity index (χ4v) is 3.41. The van der Waals surface area contributed by atoms with Crippen molar-refractivity contribution in [3.63, 3.8) is 0 Å². The third kappa shape index (κ3) is 1.72. The largest absolute Gasteiger partial charge is 0.507 e. The first-order valence-corrected chi connectivity index (χ1v) is 6.39. The van der Waals surface area contributed by atoms with E-state index in [2.05, 4.69) is 0 Å². The molecule has 1 N–H and O–H groups in total. The van der Waals surface area contributed by atoms with Crippen LogP contribution < -0.4 is 0 Å². The molecular weight excluding hydrogens is 226 g/mol. The van der Waals surface area contributed by atoms with Crippen LogP contribution in [-0.4, -0.2) is 39.1 Å². The monoisotopic (exact) mass is 239 g/mol. The van der Waals surface area contributed by atoms with Crippen molar-refractivity contribution in [2.75, 3.05) is 20.6 Å². The fourth-order valence-electron chi connectivity index (χ4n) is 1.85. The number of fused-ring (bicyclic) bond motifs is 1. The zero-order valence-corrected chi connectivity index (χ0v) is 9.95. The number of nitrogens with zero attached hydrogens (tertiary/aromatic N) is 1. The lowest BCUT2D eigenvalue weighted by molar-refractivity contribution is 0.456. The van der Waals surface area contributed by atoms with E-state index in [-0.39, 0.29) is 10.6 Å². The van der Waals surface area contributed by atoms with Gasteiger partial charge in [-0.15, -0.1) is 0 Å². The Bertz CT molecular complexity index is 559. The Kier molecular flexibility index (Phi) is 2.52. The van der Waals surface area contributed by atoms with Gasteiger partial charge in [0, 0.05) is 17.5 Å². The molecule has 1 aromatic carbocycles. The van der Waals surface area contributed by atoms with Crippen molar-refractivity contribution in [3.05, 3.63) is 29.2 Å². The second-order valence-electron chi connectivity index (χ2n) is 4.08.